The van der Waals surface area contributed by atoms with E-state index >= 15 is 0 Å². The van der Waals surface area contributed by atoms with E-state index < -0.39 is 18.0 Å². The monoisotopic (exact) mass is 428 g/mol. The average molecular weight is 428 g/mol. The van der Waals surface area contributed by atoms with E-state index in [2.05, 4.69) is 25.7 Å². The molecule has 1 atom stereocenters. The summed E-state index contributed by atoms with van der Waals surface area (Å²) < 4.78 is 36.3. The van der Waals surface area contributed by atoms with Crippen LogP contribution in [0.2, 0.25) is 0 Å². The highest BCUT2D eigenvalue weighted by Crippen LogP contribution is 2.26. The SMILES string of the molecule is Cn1cc(NC(=O)c2nnc3ccc(-c4cnn(C5CCOC5)c4)cn23)c(C(F)F)n1. The van der Waals surface area contributed by atoms with Gasteiger partial charge in [-0.3, -0.25) is 18.6 Å². The zero-order chi connectivity index (χ0) is 21.5. The standard InChI is InChI=1S/C19H18F2N8O2/c1-27-9-14(16(26-27)17(20)21)23-19(30)18-25-24-15-3-2-11(7-28(15)18)12-6-22-29(8-12)13-4-5-31-10-13/h2-3,6-9,13,17H,4-5,10H2,1H3,(H,23,30). The van der Waals surface area contributed by atoms with Crippen LogP contribution in [0.4, 0.5) is 14.5 Å². The number of nitrogens with zero attached hydrogens (tertiary/aromatic N) is 7. The van der Waals surface area contributed by atoms with Gasteiger partial charge in [0.15, 0.2) is 11.3 Å². The summed E-state index contributed by atoms with van der Waals surface area (Å²) in [6.45, 7) is 1.35. The van der Waals surface area contributed by atoms with Crippen molar-refractivity contribution < 1.29 is 18.3 Å². The van der Waals surface area contributed by atoms with E-state index in [1.165, 1.54) is 22.3 Å². The summed E-state index contributed by atoms with van der Waals surface area (Å²) in [5.74, 6) is -0.698. The number of aryl methyl sites for hydroxylation is 1. The van der Waals surface area contributed by atoms with Crippen molar-refractivity contribution in [2.75, 3.05) is 18.5 Å². The van der Waals surface area contributed by atoms with E-state index in [1.807, 2.05) is 16.9 Å². The molecule has 4 aromatic rings. The number of aromatic nitrogens is 7. The summed E-state index contributed by atoms with van der Waals surface area (Å²) in [5, 5.41) is 18.5. The van der Waals surface area contributed by atoms with Crippen LogP contribution in [0.3, 0.4) is 0 Å². The number of alkyl halides is 2. The molecule has 12 heteroatoms. The minimum atomic E-state index is -2.82. The van der Waals surface area contributed by atoms with E-state index in [1.54, 1.807) is 18.5 Å². The zero-order valence-corrected chi connectivity index (χ0v) is 16.4. The van der Waals surface area contributed by atoms with Crippen molar-refractivity contribution in [2.45, 2.75) is 18.9 Å². The molecule has 1 N–H and O–H groups in total. The molecule has 0 saturated carbocycles. The number of halogens is 2. The smallest absolute Gasteiger partial charge is 0.294 e. The number of amides is 1. The van der Waals surface area contributed by atoms with E-state index in [-0.39, 0.29) is 17.6 Å². The molecule has 0 spiro atoms. The third kappa shape index (κ3) is 3.54. The van der Waals surface area contributed by atoms with Crippen molar-refractivity contribution in [1.82, 2.24) is 34.2 Å². The highest BCUT2D eigenvalue weighted by atomic mass is 19.3. The fraction of sp³-hybridized carbons (Fsp3) is 0.316. The molecule has 1 amide bonds. The Kier molecular flexibility index (Phi) is 4.70. The van der Waals surface area contributed by atoms with Crippen LogP contribution in [-0.2, 0) is 11.8 Å². The van der Waals surface area contributed by atoms with E-state index in [0.29, 0.717) is 12.3 Å². The first-order valence-electron chi connectivity index (χ1n) is 9.59. The van der Waals surface area contributed by atoms with Gasteiger partial charge >= 0.3 is 0 Å². The van der Waals surface area contributed by atoms with Gasteiger partial charge in [-0.05, 0) is 18.6 Å². The van der Waals surface area contributed by atoms with Gasteiger partial charge < -0.3 is 10.1 Å². The van der Waals surface area contributed by atoms with Crippen LogP contribution in [0.1, 0.15) is 35.2 Å². The first kappa shape index (κ1) is 19.3. The number of pyridine rings is 1. The second-order valence-electron chi connectivity index (χ2n) is 7.25. The minimum absolute atomic E-state index is 0.0301. The molecular weight excluding hydrogens is 410 g/mol. The lowest BCUT2D eigenvalue weighted by Gasteiger charge is -2.07. The first-order chi connectivity index (χ1) is 15.0. The molecule has 31 heavy (non-hydrogen) atoms. The van der Waals surface area contributed by atoms with Crippen molar-refractivity contribution in [2.24, 2.45) is 7.05 Å². The Balaban J connectivity index is 1.45. The highest BCUT2D eigenvalue weighted by molar-refractivity contribution is 6.02. The fourth-order valence-corrected chi connectivity index (χ4v) is 3.58. The molecule has 1 fully saturated rings. The Morgan fingerprint density at radius 3 is 2.87 bits per heavy atom. The van der Waals surface area contributed by atoms with Gasteiger partial charge in [0.25, 0.3) is 12.3 Å². The normalized spacial score (nSPS) is 16.5. The van der Waals surface area contributed by atoms with E-state index in [9.17, 15) is 13.6 Å². The number of ether oxygens (including phenoxy) is 1. The van der Waals surface area contributed by atoms with E-state index in [0.717, 1.165) is 24.2 Å². The van der Waals surface area contributed by atoms with Crippen LogP contribution in [0.15, 0.2) is 36.9 Å². The molecule has 5 heterocycles. The number of fused-ring (bicyclic) bond motifs is 1. The fourth-order valence-electron chi connectivity index (χ4n) is 3.58. The summed E-state index contributed by atoms with van der Waals surface area (Å²) in [6, 6.07) is 3.79. The third-order valence-corrected chi connectivity index (χ3v) is 5.13. The van der Waals surface area contributed by atoms with Crippen molar-refractivity contribution in [3.8, 4) is 11.1 Å². The molecule has 10 nitrogen and oxygen atoms in total. The van der Waals surface area contributed by atoms with Crippen LogP contribution in [0.25, 0.3) is 16.8 Å². The number of carbonyl (C=O) groups excluding carboxylic acids is 1. The van der Waals surface area contributed by atoms with Crippen molar-refractivity contribution in [1.29, 1.82) is 0 Å². The largest absolute Gasteiger partial charge is 0.379 e. The molecule has 0 aliphatic carbocycles. The Morgan fingerprint density at radius 1 is 1.23 bits per heavy atom. The minimum Gasteiger partial charge on any atom is -0.379 e. The van der Waals surface area contributed by atoms with Crippen molar-refractivity contribution >= 4 is 17.2 Å². The number of rotatable bonds is 5. The second-order valence-corrected chi connectivity index (χ2v) is 7.25. The Labute approximate surface area is 174 Å². The number of hydrogen-bond acceptors (Lipinski definition) is 6. The van der Waals surface area contributed by atoms with Crippen LogP contribution in [-0.4, -0.2) is 53.3 Å². The summed E-state index contributed by atoms with van der Waals surface area (Å²) in [5.41, 5.74) is 1.54. The molecule has 1 unspecified atom stereocenters. The predicted molar refractivity (Wildman–Crippen MR) is 105 cm³/mol. The van der Waals surface area contributed by atoms with Crippen LogP contribution < -0.4 is 5.32 Å². The topological polar surface area (TPSA) is 104 Å². The van der Waals surface area contributed by atoms with Gasteiger partial charge in [0.2, 0.25) is 5.82 Å². The Hall–Kier alpha value is -3.67. The van der Waals surface area contributed by atoms with Crippen LogP contribution in [0, 0.1) is 0 Å². The highest BCUT2D eigenvalue weighted by Gasteiger charge is 2.23. The molecular formula is C19H18F2N8O2. The second kappa shape index (κ2) is 7.54. The molecule has 1 aliphatic heterocycles. The summed E-state index contributed by atoms with van der Waals surface area (Å²) in [6.07, 6.45) is 4.79. The van der Waals surface area contributed by atoms with Crippen molar-refractivity contribution in [3.63, 3.8) is 0 Å². The Bertz CT molecular complexity index is 1260. The van der Waals surface area contributed by atoms with Crippen LogP contribution in [0.5, 0.6) is 0 Å². The van der Waals surface area contributed by atoms with Gasteiger partial charge in [0.05, 0.1) is 24.5 Å². The molecule has 1 aliphatic rings. The van der Waals surface area contributed by atoms with Gasteiger partial charge in [-0.25, -0.2) is 8.78 Å². The van der Waals surface area contributed by atoms with Gasteiger partial charge in [-0.1, -0.05) is 0 Å². The zero-order valence-electron chi connectivity index (χ0n) is 16.4. The number of nitrogens with one attached hydrogen (secondary N) is 1. The van der Waals surface area contributed by atoms with Crippen molar-refractivity contribution in [3.05, 3.63) is 48.4 Å². The van der Waals surface area contributed by atoms with Gasteiger partial charge in [0, 0.05) is 43.4 Å². The van der Waals surface area contributed by atoms with Gasteiger partial charge in [0.1, 0.15) is 0 Å². The molecule has 0 radical (unpaired) electrons. The quantitative estimate of drug-likeness (QED) is 0.524. The summed E-state index contributed by atoms with van der Waals surface area (Å²) in [4.78, 5) is 12.8. The molecule has 0 bridgehead atoms. The molecule has 160 valence electrons. The maximum atomic E-state index is 13.2. The predicted octanol–water partition coefficient (Wildman–Crippen LogP) is 2.48. The molecule has 1 saturated heterocycles. The lowest BCUT2D eigenvalue weighted by molar-refractivity contribution is 0.101. The summed E-state index contributed by atoms with van der Waals surface area (Å²) in [7, 11) is 1.50. The first-order valence-corrected chi connectivity index (χ1v) is 9.59. The Morgan fingerprint density at radius 2 is 2.10 bits per heavy atom. The maximum absolute atomic E-state index is 13.2. The van der Waals surface area contributed by atoms with Crippen LogP contribution >= 0.6 is 0 Å². The third-order valence-electron chi connectivity index (χ3n) is 5.13. The van der Waals surface area contributed by atoms with E-state index in [4.69, 9.17) is 4.74 Å². The molecule has 5 rings (SSSR count). The number of carbonyl (C=O) groups is 1. The number of anilines is 1. The van der Waals surface area contributed by atoms with Gasteiger partial charge in [-0.2, -0.15) is 10.2 Å². The number of hydrogen-bond donors (Lipinski definition) is 1. The lowest BCUT2D eigenvalue weighted by Crippen LogP contribution is -2.16. The lowest BCUT2D eigenvalue weighted by atomic mass is 10.1. The summed E-state index contributed by atoms with van der Waals surface area (Å²) >= 11 is 0. The molecule has 0 aromatic carbocycles. The van der Waals surface area contributed by atoms with Gasteiger partial charge in [-0.15, -0.1) is 10.2 Å². The maximum Gasteiger partial charge on any atom is 0.294 e. The average Bonchev–Trinajstić information content (AvgIpc) is 3.52. The molecule has 4 aromatic heterocycles.